The Kier molecular flexibility index (Phi) is 3.98. The van der Waals surface area contributed by atoms with Crippen molar-refractivity contribution in [1.82, 2.24) is 0 Å². The van der Waals surface area contributed by atoms with Crippen LogP contribution in [0.25, 0.3) is 0 Å². The van der Waals surface area contributed by atoms with Crippen molar-refractivity contribution in [2.45, 2.75) is 31.1 Å². The van der Waals surface area contributed by atoms with Crippen molar-refractivity contribution < 1.29 is 4.74 Å². The van der Waals surface area contributed by atoms with E-state index >= 15 is 0 Å². The lowest BCUT2D eigenvalue weighted by Crippen LogP contribution is -2.04. The highest BCUT2D eigenvalue weighted by Gasteiger charge is 2.17. The summed E-state index contributed by atoms with van der Waals surface area (Å²) in [5.74, 6) is 0.852. The fraction of sp³-hybridized carbons (Fsp3) is 0.333. The van der Waals surface area contributed by atoms with Gasteiger partial charge in [0.25, 0.3) is 0 Å². The highest BCUT2D eigenvalue weighted by Crippen LogP contribution is 2.36. The fourth-order valence-corrected chi connectivity index (χ4v) is 3.28. The largest absolute Gasteiger partial charge is 0.496 e. The van der Waals surface area contributed by atoms with Gasteiger partial charge < -0.3 is 4.74 Å². The zero-order valence-electron chi connectivity index (χ0n) is 11.7. The zero-order valence-corrected chi connectivity index (χ0v) is 12.5. The lowest BCUT2D eigenvalue weighted by molar-refractivity contribution is 0.410. The van der Waals surface area contributed by atoms with Crippen molar-refractivity contribution in [3.8, 4) is 5.75 Å². The lowest BCUT2D eigenvalue weighted by atomic mass is 9.89. The summed E-state index contributed by atoms with van der Waals surface area (Å²) in [4.78, 5) is 0. The molecule has 0 saturated carbocycles. The molecule has 2 aromatic rings. The van der Waals surface area contributed by atoms with Crippen LogP contribution >= 0.6 is 11.6 Å². The molecule has 1 aliphatic carbocycles. The Morgan fingerprint density at radius 1 is 1.00 bits per heavy atom. The standard InChI is InChI=1S/C18H19ClO/c1-20-17-9-5-4-8-16(17)18(19)15-11-10-13-6-2-3-7-14(13)12-15/h4-5,8-12,18H,2-3,6-7H2,1H3. The first-order valence-corrected chi connectivity index (χ1v) is 7.62. The van der Waals surface area contributed by atoms with E-state index in [4.69, 9.17) is 16.3 Å². The van der Waals surface area contributed by atoms with Crippen molar-refractivity contribution in [2.75, 3.05) is 7.11 Å². The normalized spacial score (nSPS) is 15.5. The van der Waals surface area contributed by atoms with Crippen LogP contribution in [0.15, 0.2) is 42.5 Å². The first-order chi connectivity index (χ1) is 9.79. The molecule has 20 heavy (non-hydrogen) atoms. The van der Waals surface area contributed by atoms with Gasteiger partial charge in [-0.3, -0.25) is 0 Å². The van der Waals surface area contributed by atoms with Gasteiger partial charge in [0.1, 0.15) is 5.75 Å². The molecular formula is C18H19ClO. The van der Waals surface area contributed by atoms with E-state index < -0.39 is 0 Å². The van der Waals surface area contributed by atoms with Gasteiger partial charge in [-0.2, -0.15) is 0 Å². The number of benzene rings is 2. The number of alkyl halides is 1. The molecule has 0 aliphatic heterocycles. The van der Waals surface area contributed by atoms with Gasteiger partial charge >= 0.3 is 0 Å². The smallest absolute Gasteiger partial charge is 0.123 e. The summed E-state index contributed by atoms with van der Waals surface area (Å²) in [5.41, 5.74) is 5.16. The second-order valence-corrected chi connectivity index (χ2v) is 5.78. The SMILES string of the molecule is COc1ccccc1C(Cl)c1ccc2c(c1)CCCC2. The topological polar surface area (TPSA) is 9.23 Å². The molecular weight excluding hydrogens is 268 g/mol. The van der Waals surface area contributed by atoms with E-state index in [9.17, 15) is 0 Å². The Morgan fingerprint density at radius 2 is 1.75 bits per heavy atom. The van der Waals surface area contributed by atoms with E-state index in [-0.39, 0.29) is 5.38 Å². The average molecular weight is 287 g/mol. The molecule has 1 unspecified atom stereocenters. The Hall–Kier alpha value is -1.47. The molecule has 0 saturated heterocycles. The maximum absolute atomic E-state index is 6.68. The van der Waals surface area contributed by atoms with Gasteiger partial charge in [-0.15, -0.1) is 11.6 Å². The Labute approximate surface area is 125 Å². The summed E-state index contributed by atoms with van der Waals surface area (Å²) >= 11 is 6.68. The molecule has 0 aromatic heterocycles. The molecule has 2 aromatic carbocycles. The lowest BCUT2D eigenvalue weighted by Gasteiger charge is -2.19. The number of fused-ring (bicyclic) bond motifs is 1. The number of hydrogen-bond acceptors (Lipinski definition) is 1. The third-order valence-electron chi connectivity index (χ3n) is 4.08. The van der Waals surface area contributed by atoms with Crippen molar-refractivity contribution in [3.63, 3.8) is 0 Å². The van der Waals surface area contributed by atoms with E-state index in [0.29, 0.717) is 0 Å². The number of halogens is 1. The minimum atomic E-state index is -0.154. The highest BCUT2D eigenvalue weighted by molar-refractivity contribution is 6.22. The van der Waals surface area contributed by atoms with E-state index in [1.165, 1.54) is 36.8 Å². The first-order valence-electron chi connectivity index (χ1n) is 7.18. The Morgan fingerprint density at radius 3 is 2.55 bits per heavy atom. The van der Waals surface area contributed by atoms with Gasteiger partial charge in [0.15, 0.2) is 0 Å². The van der Waals surface area contributed by atoms with Crippen LogP contribution in [0.2, 0.25) is 0 Å². The van der Waals surface area contributed by atoms with Crippen LogP contribution in [0.3, 0.4) is 0 Å². The summed E-state index contributed by atoms with van der Waals surface area (Å²) in [5, 5.41) is -0.154. The maximum atomic E-state index is 6.68. The third kappa shape index (κ3) is 2.55. The van der Waals surface area contributed by atoms with Gasteiger partial charge in [-0.05, 0) is 48.4 Å². The van der Waals surface area contributed by atoms with Crippen LogP contribution in [0.5, 0.6) is 5.75 Å². The summed E-state index contributed by atoms with van der Waals surface area (Å²) in [6.07, 6.45) is 4.98. The molecule has 0 radical (unpaired) electrons. The van der Waals surface area contributed by atoms with Crippen molar-refractivity contribution in [1.29, 1.82) is 0 Å². The van der Waals surface area contributed by atoms with Crippen molar-refractivity contribution in [3.05, 3.63) is 64.7 Å². The highest BCUT2D eigenvalue weighted by atomic mass is 35.5. The van der Waals surface area contributed by atoms with Crippen LogP contribution in [-0.4, -0.2) is 7.11 Å². The molecule has 104 valence electrons. The fourth-order valence-electron chi connectivity index (χ4n) is 2.97. The number of aryl methyl sites for hydroxylation is 2. The van der Waals surface area contributed by atoms with Crippen LogP contribution < -0.4 is 4.74 Å². The molecule has 0 bridgehead atoms. The van der Waals surface area contributed by atoms with Gasteiger partial charge in [0, 0.05) is 5.56 Å². The van der Waals surface area contributed by atoms with E-state index in [1.54, 1.807) is 7.11 Å². The number of ether oxygens (including phenoxy) is 1. The summed E-state index contributed by atoms with van der Waals surface area (Å²) in [7, 11) is 1.69. The zero-order chi connectivity index (χ0) is 13.9. The van der Waals surface area contributed by atoms with E-state index in [2.05, 4.69) is 18.2 Å². The minimum Gasteiger partial charge on any atom is -0.496 e. The molecule has 2 heteroatoms. The molecule has 0 heterocycles. The quantitative estimate of drug-likeness (QED) is 0.729. The molecule has 1 nitrogen and oxygen atoms in total. The predicted molar refractivity (Wildman–Crippen MR) is 83.8 cm³/mol. The number of rotatable bonds is 3. The van der Waals surface area contributed by atoms with Gasteiger partial charge in [0.05, 0.1) is 12.5 Å². The molecule has 1 aliphatic rings. The Balaban J connectivity index is 1.96. The van der Waals surface area contributed by atoms with Gasteiger partial charge in [-0.1, -0.05) is 36.4 Å². The van der Waals surface area contributed by atoms with E-state index in [0.717, 1.165) is 16.9 Å². The number of hydrogen-bond donors (Lipinski definition) is 0. The second kappa shape index (κ2) is 5.88. The average Bonchev–Trinajstić information content (AvgIpc) is 2.53. The second-order valence-electron chi connectivity index (χ2n) is 5.34. The number of methoxy groups -OCH3 is 1. The van der Waals surface area contributed by atoms with Crippen LogP contribution in [0.4, 0.5) is 0 Å². The number of para-hydroxylation sites is 1. The summed E-state index contributed by atoms with van der Waals surface area (Å²) in [6, 6.07) is 14.7. The monoisotopic (exact) mass is 286 g/mol. The molecule has 0 amide bonds. The van der Waals surface area contributed by atoms with E-state index in [1.807, 2.05) is 24.3 Å². The predicted octanol–water partition coefficient (Wildman–Crippen LogP) is 4.90. The first kappa shape index (κ1) is 13.5. The van der Waals surface area contributed by atoms with Crippen molar-refractivity contribution in [2.24, 2.45) is 0 Å². The van der Waals surface area contributed by atoms with Crippen LogP contribution in [0, 0.1) is 0 Å². The maximum Gasteiger partial charge on any atom is 0.123 e. The van der Waals surface area contributed by atoms with Crippen LogP contribution in [-0.2, 0) is 12.8 Å². The molecule has 0 fully saturated rings. The van der Waals surface area contributed by atoms with Crippen molar-refractivity contribution >= 4 is 11.6 Å². The summed E-state index contributed by atoms with van der Waals surface area (Å²) < 4.78 is 5.42. The van der Waals surface area contributed by atoms with Gasteiger partial charge in [0.2, 0.25) is 0 Å². The molecule has 1 atom stereocenters. The molecule has 0 N–H and O–H groups in total. The van der Waals surface area contributed by atoms with Crippen LogP contribution in [0.1, 0.15) is 40.5 Å². The minimum absolute atomic E-state index is 0.154. The molecule has 3 rings (SSSR count). The molecule has 0 spiro atoms. The van der Waals surface area contributed by atoms with Gasteiger partial charge in [-0.25, -0.2) is 0 Å². The Bertz CT molecular complexity index is 606. The third-order valence-corrected chi connectivity index (χ3v) is 4.56. The summed E-state index contributed by atoms with van der Waals surface area (Å²) in [6.45, 7) is 0.